The molecule has 2 aromatic rings. The first-order valence-electron chi connectivity index (χ1n) is 3.58. The van der Waals surface area contributed by atoms with E-state index in [9.17, 15) is 4.21 Å². The maximum absolute atomic E-state index is 10.7. The average molecular weight is 194 g/mol. The lowest BCUT2D eigenvalue weighted by Gasteiger charge is -1.97. The van der Waals surface area contributed by atoms with Crippen molar-refractivity contribution in [3.63, 3.8) is 0 Å². The van der Waals surface area contributed by atoms with Crippen molar-refractivity contribution in [2.75, 3.05) is 0 Å². The van der Waals surface area contributed by atoms with Gasteiger partial charge in [0.1, 0.15) is 6.33 Å². The highest BCUT2D eigenvalue weighted by Gasteiger charge is 2.01. The molecule has 2 rings (SSSR count). The number of fused-ring (bicyclic) bond motifs is 1. The first-order chi connectivity index (χ1) is 6.27. The number of hydrogen-bond donors (Lipinski definition) is 1. The lowest BCUT2D eigenvalue weighted by atomic mass is 10.2. The molecule has 0 fully saturated rings. The van der Waals surface area contributed by atoms with Crippen molar-refractivity contribution in [3.8, 4) is 0 Å². The highest BCUT2D eigenvalue weighted by atomic mass is 32.2. The summed E-state index contributed by atoms with van der Waals surface area (Å²) in [7, 11) is 0. The molecule has 1 atom stereocenters. The summed E-state index contributed by atoms with van der Waals surface area (Å²) in [6.07, 6.45) is 3.07. The molecule has 0 aliphatic rings. The molecule has 0 radical (unpaired) electrons. The third kappa shape index (κ3) is 1.56. The van der Waals surface area contributed by atoms with Crippen molar-refractivity contribution < 1.29 is 8.76 Å². The van der Waals surface area contributed by atoms with Crippen molar-refractivity contribution in [3.05, 3.63) is 30.7 Å². The summed E-state index contributed by atoms with van der Waals surface area (Å²) >= 11 is -1.95. The van der Waals surface area contributed by atoms with Gasteiger partial charge in [-0.15, -0.1) is 0 Å². The monoisotopic (exact) mass is 194 g/mol. The van der Waals surface area contributed by atoms with Crippen LogP contribution in [-0.2, 0) is 11.1 Å². The summed E-state index contributed by atoms with van der Waals surface area (Å²) < 4.78 is 19.5. The zero-order chi connectivity index (χ0) is 9.26. The zero-order valence-corrected chi connectivity index (χ0v) is 7.36. The summed E-state index contributed by atoms with van der Waals surface area (Å²) in [4.78, 5) is 8.16. The Labute approximate surface area is 76.9 Å². The van der Waals surface area contributed by atoms with Crippen molar-refractivity contribution in [2.24, 2.45) is 0 Å². The molecule has 4 nitrogen and oxygen atoms in total. The predicted octanol–water partition coefficient (Wildman–Crippen LogP) is 1.21. The molecule has 5 heteroatoms. The molecule has 0 aliphatic carbocycles. The number of hydrogen-bond acceptors (Lipinski definition) is 3. The number of aromatic nitrogens is 2. The predicted molar refractivity (Wildman–Crippen MR) is 48.6 cm³/mol. The van der Waals surface area contributed by atoms with Crippen molar-refractivity contribution in [2.45, 2.75) is 4.90 Å². The summed E-state index contributed by atoms with van der Waals surface area (Å²) in [6.45, 7) is 0. The maximum Gasteiger partial charge on any atom is 0.186 e. The molecular formula is C8H6N2O2S. The Hall–Kier alpha value is -1.33. The van der Waals surface area contributed by atoms with Crippen molar-refractivity contribution in [1.82, 2.24) is 9.97 Å². The van der Waals surface area contributed by atoms with Gasteiger partial charge in [-0.25, -0.2) is 14.2 Å². The second-order valence-corrected chi connectivity index (χ2v) is 3.46. The third-order valence-electron chi connectivity index (χ3n) is 1.68. The van der Waals surface area contributed by atoms with Crippen LogP contribution in [0.2, 0.25) is 0 Å². The topological polar surface area (TPSA) is 63.1 Å². The van der Waals surface area contributed by atoms with Gasteiger partial charge in [0.05, 0.1) is 10.4 Å². The molecule has 1 N–H and O–H groups in total. The SMILES string of the molecule is O=S(O)c1ccc2cncnc2c1. The lowest BCUT2D eigenvalue weighted by molar-refractivity contribution is 0.564. The van der Waals surface area contributed by atoms with Gasteiger partial charge in [-0.1, -0.05) is 0 Å². The van der Waals surface area contributed by atoms with Gasteiger partial charge in [-0.3, -0.25) is 0 Å². The van der Waals surface area contributed by atoms with Gasteiger partial charge in [-0.05, 0) is 18.2 Å². The molecule has 0 amide bonds. The first kappa shape index (κ1) is 8.28. The molecule has 1 aromatic carbocycles. The standard InChI is InChI=1S/C8H6N2O2S/c11-13(12)7-2-1-6-4-9-5-10-8(6)3-7/h1-5H,(H,11,12). The Morgan fingerprint density at radius 2 is 2.23 bits per heavy atom. The smallest absolute Gasteiger partial charge is 0.186 e. The third-order valence-corrected chi connectivity index (χ3v) is 2.34. The molecule has 0 bridgehead atoms. The van der Waals surface area contributed by atoms with Crippen LogP contribution in [0, 0.1) is 0 Å². The molecule has 13 heavy (non-hydrogen) atoms. The summed E-state index contributed by atoms with van der Waals surface area (Å²) in [5.74, 6) is 0. The van der Waals surface area contributed by atoms with Crippen LogP contribution >= 0.6 is 0 Å². The van der Waals surface area contributed by atoms with E-state index in [-0.39, 0.29) is 0 Å². The maximum atomic E-state index is 10.7. The quantitative estimate of drug-likeness (QED) is 0.693. The minimum absolute atomic E-state index is 0.353. The van der Waals surface area contributed by atoms with Crippen LogP contribution in [0.15, 0.2) is 35.6 Å². The van der Waals surface area contributed by atoms with Crippen LogP contribution < -0.4 is 0 Å². The van der Waals surface area contributed by atoms with E-state index in [1.165, 1.54) is 6.33 Å². The largest absolute Gasteiger partial charge is 0.302 e. The molecule has 66 valence electrons. The second-order valence-electron chi connectivity index (χ2n) is 2.49. The zero-order valence-electron chi connectivity index (χ0n) is 6.54. The van der Waals surface area contributed by atoms with E-state index >= 15 is 0 Å². The van der Waals surface area contributed by atoms with Crippen LogP contribution in [-0.4, -0.2) is 18.7 Å². The van der Waals surface area contributed by atoms with Crippen molar-refractivity contribution in [1.29, 1.82) is 0 Å². The van der Waals surface area contributed by atoms with Crippen LogP contribution in [0.1, 0.15) is 0 Å². The fraction of sp³-hybridized carbons (Fsp3) is 0. The normalized spacial score (nSPS) is 13.0. The molecule has 0 saturated carbocycles. The minimum atomic E-state index is -1.95. The lowest BCUT2D eigenvalue weighted by Crippen LogP contribution is -1.89. The van der Waals surface area contributed by atoms with E-state index in [0.29, 0.717) is 10.4 Å². The molecular weight excluding hydrogens is 188 g/mol. The molecule has 0 aliphatic heterocycles. The fourth-order valence-corrected chi connectivity index (χ4v) is 1.46. The molecule has 0 saturated heterocycles. The number of rotatable bonds is 1. The minimum Gasteiger partial charge on any atom is -0.302 e. The molecule has 0 spiro atoms. The Balaban J connectivity index is 2.69. The molecule has 1 unspecified atom stereocenters. The number of nitrogens with zero attached hydrogens (tertiary/aromatic N) is 2. The Morgan fingerprint density at radius 3 is 3.00 bits per heavy atom. The van der Waals surface area contributed by atoms with E-state index in [0.717, 1.165) is 5.39 Å². The van der Waals surface area contributed by atoms with Gasteiger partial charge in [0.15, 0.2) is 11.1 Å². The van der Waals surface area contributed by atoms with E-state index < -0.39 is 11.1 Å². The fourth-order valence-electron chi connectivity index (χ4n) is 1.06. The van der Waals surface area contributed by atoms with Crippen LogP contribution in [0.4, 0.5) is 0 Å². The summed E-state index contributed by atoms with van der Waals surface area (Å²) in [5, 5.41) is 0.858. The van der Waals surface area contributed by atoms with Crippen LogP contribution in [0.3, 0.4) is 0 Å². The second kappa shape index (κ2) is 3.20. The van der Waals surface area contributed by atoms with Crippen LogP contribution in [0.25, 0.3) is 10.9 Å². The summed E-state index contributed by atoms with van der Waals surface area (Å²) in [5.41, 5.74) is 0.676. The van der Waals surface area contributed by atoms with E-state index in [2.05, 4.69) is 9.97 Å². The van der Waals surface area contributed by atoms with Gasteiger partial charge >= 0.3 is 0 Å². The van der Waals surface area contributed by atoms with Crippen LogP contribution in [0.5, 0.6) is 0 Å². The Kier molecular flexibility index (Phi) is 2.03. The summed E-state index contributed by atoms with van der Waals surface area (Å²) in [6, 6.07) is 4.88. The first-order valence-corrected chi connectivity index (χ1v) is 4.69. The van der Waals surface area contributed by atoms with Gasteiger partial charge in [-0.2, -0.15) is 0 Å². The average Bonchev–Trinajstić information content (AvgIpc) is 2.17. The van der Waals surface area contributed by atoms with Gasteiger partial charge in [0.25, 0.3) is 0 Å². The van der Waals surface area contributed by atoms with Gasteiger partial charge in [0, 0.05) is 11.6 Å². The Morgan fingerprint density at radius 1 is 1.38 bits per heavy atom. The van der Waals surface area contributed by atoms with Crippen molar-refractivity contribution >= 4 is 22.0 Å². The van der Waals surface area contributed by atoms with Gasteiger partial charge < -0.3 is 4.55 Å². The highest BCUT2D eigenvalue weighted by molar-refractivity contribution is 7.79. The van der Waals surface area contributed by atoms with E-state index in [1.807, 2.05) is 0 Å². The van der Waals surface area contributed by atoms with Gasteiger partial charge in [0.2, 0.25) is 0 Å². The molecule has 1 heterocycles. The molecule has 1 aromatic heterocycles. The highest BCUT2D eigenvalue weighted by Crippen LogP contribution is 2.13. The van der Waals surface area contributed by atoms with E-state index in [4.69, 9.17) is 4.55 Å². The number of benzene rings is 1. The Bertz CT molecular complexity index is 472. The van der Waals surface area contributed by atoms with E-state index in [1.54, 1.807) is 24.4 Å².